The van der Waals surface area contributed by atoms with Crippen LogP contribution >= 0.6 is 0 Å². The number of rotatable bonds is 5. The van der Waals surface area contributed by atoms with E-state index in [2.05, 4.69) is 10.1 Å². The second kappa shape index (κ2) is 7.13. The molecule has 2 rings (SSSR count). The van der Waals surface area contributed by atoms with E-state index in [9.17, 15) is 13.2 Å². The van der Waals surface area contributed by atoms with Crippen molar-refractivity contribution in [3.05, 3.63) is 29.8 Å². The maximum absolute atomic E-state index is 12.1. The largest absolute Gasteiger partial charge is 0.573 e. The molecule has 0 radical (unpaired) electrons. The number of hydrogen-bond acceptors (Lipinski definition) is 3. The van der Waals surface area contributed by atoms with Crippen molar-refractivity contribution in [2.75, 3.05) is 13.2 Å². The Morgan fingerprint density at radius 3 is 2.57 bits per heavy atom. The van der Waals surface area contributed by atoms with Gasteiger partial charge in [-0.1, -0.05) is 12.1 Å². The molecule has 118 valence electrons. The molecule has 1 fully saturated rings. The summed E-state index contributed by atoms with van der Waals surface area (Å²) in [6.45, 7) is 3.54. The Bertz CT molecular complexity index is 428. The SMILES string of the molecule is CC(NCC1CCCCO1)c1ccc(OC(F)(F)F)cc1. The van der Waals surface area contributed by atoms with E-state index < -0.39 is 6.36 Å². The molecule has 2 atom stereocenters. The minimum atomic E-state index is -4.65. The van der Waals surface area contributed by atoms with Gasteiger partial charge in [0.1, 0.15) is 5.75 Å². The zero-order chi connectivity index (χ0) is 15.3. The molecule has 1 N–H and O–H groups in total. The second-order valence-electron chi connectivity index (χ2n) is 5.24. The number of hydrogen-bond donors (Lipinski definition) is 1. The standard InChI is InChI=1S/C15H20F3NO2/c1-11(19-10-14-4-2-3-9-20-14)12-5-7-13(8-6-12)21-15(16,17)18/h5-8,11,14,19H,2-4,9-10H2,1H3. The third-order valence-electron chi connectivity index (χ3n) is 3.54. The van der Waals surface area contributed by atoms with Gasteiger partial charge in [0, 0.05) is 19.2 Å². The van der Waals surface area contributed by atoms with Crippen LogP contribution in [0.4, 0.5) is 13.2 Å². The van der Waals surface area contributed by atoms with Crippen molar-refractivity contribution in [1.29, 1.82) is 0 Å². The number of alkyl halides is 3. The first kappa shape index (κ1) is 16.1. The molecule has 1 heterocycles. The van der Waals surface area contributed by atoms with Crippen LogP contribution in [0.2, 0.25) is 0 Å². The van der Waals surface area contributed by atoms with Gasteiger partial charge in [-0.3, -0.25) is 0 Å². The number of halogens is 3. The molecule has 1 saturated heterocycles. The van der Waals surface area contributed by atoms with E-state index >= 15 is 0 Å². The van der Waals surface area contributed by atoms with E-state index in [0.717, 1.165) is 31.6 Å². The van der Waals surface area contributed by atoms with Gasteiger partial charge in [-0.2, -0.15) is 0 Å². The fraction of sp³-hybridized carbons (Fsp3) is 0.600. The fourth-order valence-corrected chi connectivity index (χ4v) is 2.35. The highest BCUT2D eigenvalue weighted by Gasteiger charge is 2.31. The van der Waals surface area contributed by atoms with E-state index in [4.69, 9.17) is 4.74 Å². The molecule has 1 aromatic rings. The summed E-state index contributed by atoms with van der Waals surface area (Å²) in [6, 6.07) is 5.99. The van der Waals surface area contributed by atoms with Crippen LogP contribution in [0.1, 0.15) is 37.8 Å². The van der Waals surface area contributed by atoms with Crippen molar-refractivity contribution < 1.29 is 22.6 Å². The molecule has 2 unspecified atom stereocenters. The van der Waals surface area contributed by atoms with Crippen LogP contribution in [0, 0.1) is 0 Å². The van der Waals surface area contributed by atoms with Crippen molar-refractivity contribution in [3.8, 4) is 5.75 Å². The van der Waals surface area contributed by atoms with Gasteiger partial charge < -0.3 is 14.8 Å². The summed E-state index contributed by atoms with van der Waals surface area (Å²) in [6.07, 6.45) is -1.06. The third kappa shape index (κ3) is 5.55. The maximum atomic E-state index is 12.1. The summed E-state index contributed by atoms with van der Waals surface area (Å²) < 4.78 is 45.7. The van der Waals surface area contributed by atoms with Crippen LogP contribution < -0.4 is 10.1 Å². The molecule has 1 aliphatic heterocycles. The van der Waals surface area contributed by atoms with Crippen LogP contribution in [0.15, 0.2) is 24.3 Å². The lowest BCUT2D eigenvalue weighted by Gasteiger charge is -2.25. The molecular weight excluding hydrogens is 283 g/mol. The Kier molecular flexibility index (Phi) is 5.47. The van der Waals surface area contributed by atoms with Crippen molar-refractivity contribution in [1.82, 2.24) is 5.32 Å². The quantitative estimate of drug-likeness (QED) is 0.897. The zero-order valence-electron chi connectivity index (χ0n) is 12.0. The predicted octanol–water partition coefficient (Wildman–Crippen LogP) is 3.80. The van der Waals surface area contributed by atoms with Crippen LogP contribution in [0.25, 0.3) is 0 Å². The summed E-state index contributed by atoms with van der Waals surface area (Å²) in [5.74, 6) is -0.200. The number of nitrogens with one attached hydrogen (secondary N) is 1. The summed E-state index contributed by atoms with van der Waals surface area (Å²) in [4.78, 5) is 0. The Morgan fingerprint density at radius 2 is 2.00 bits per heavy atom. The summed E-state index contributed by atoms with van der Waals surface area (Å²) in [7, 11) is 0. The molecule has 21 heavy (non-hydrogen) atoms. The molecule has 0 spiro atoms. The Hall–Kier alpha value is -1.27. The van der Waals surface area contributed by atoms with Gasteiger partial charge in [0.2, 0.25) is 0 Å². The molecular formula is C15H20F3NO2. The van der Waals surface area contributed by atoms with Crippen LogP contribution in [0.5, 0.6) is 5.75 Å². The molecule has 0 saturated carbocycles. The van der Waals surface area contributed by atoms with Gasteiger partial charge in [-0.25, -0.2) is 0 Å². The molecule has 0 aromatic heterocycles. The Labute approximate surface area is 122 Å². The minimum absolute atomic E-state index is 0.0514. The van der Waals surface area contributed by atoms with E-state index in [0.29, 0.717) is 0 Å². The topological polar surface area (TPSA) is 30.5 Å². The van der Waals surface area contributed by atoms with Crippen LogP contribution in [-0.4, -0.2) is 25.6 Å². The van der Waals surface area contributed by atoms with Crippen LogP contribution in [-0.2, 0) is 4.74 Å². The minimum Gasteiger partial charge on any atom is -0.406 e. The lowest BCUT2D eigenvalue weighted by atomic mass is 10.1. The second-order valence-corrected chi connectivity index (χ2v) is 5.24. The first-order valence-corrected chi connectivity index (χ1v) is 7.15. The third-order valence-corrected chi connectivity index (χ3v) is 3.54. The smallest absolute Gasteiger partial charge is 0.406 e. The highest BCUT2D eigenvalue weighted by molar-refractivity contribution is 5.29. The first-order valence-electron chi connectivity index (χ1n) is 7.15. The molecule has 1 aromatic carbocycles. The van der Waals surface area contributed by atoms with Gasteiger partial charge in [-0.05, 0) is 43.9 Å². The van der Waals surface area contributed by atoms with Crippen molar-refractivity contribution >= 4 is 0 Å². The number of benzene rings is 1. The zero-order valence-corrected chi connectivity index (χ0v) is 12.0. The lowest BCUT2D eigenvalue weighted by molar-refractivity contribution is -0.274. The molecule has 3 nitrogen and oxygen atoms in total. The van der Waals surface area contributed by atoms with E-state index in [1.54, 1.807) is 12.1 Å². The van der Waals surface area contributed by atoms with E-state index in [-0.39, 0.29) is 17.9 Å². The first-order chi connectivity index (χ1) is 9.94. The predicted molar refractivity (Wildman–Crippen MR) is 73.1 cm³/mol. The summed E-state index contributed by atoms with van der Waals surface area (Å²) in [5, 5.41) is 3.35. The highest BCUT2D eigenvalue weighted by Crippen LogP contribution is 2.24. The monoisotopic (exact) mass is 303 g/mol. The summed E-state index contributed by atoms with van der Waals surface area (Å²) in [5.41, 5.74) is 0.917. The van der Waals surface area contributed by atoms with Gasteiger partial charge in [0.15, 0.2) is 0 Å². The maximum Gasteiger partial charge on any atom is 0.573 e. The van der Waals surface area contributed by atoms with Crippen molar-refractivity contribution in [2.45, 2.75) is 44.7 Å². The van der Waals surface area contributed by atoms with Crippen molar-refractivity contribution in [3.63, 3.8) is 0 Å². The fourth-order valence-electron chi connectivity index (χ4n) is 2.35. The van der Waals surface area contributed by atoms with E-state index in [1.807, 2.05) is 6.92 Å². The molecule has 6 heteroatoms. The summed E-state index contributed by atoms with van der Waals surface area (Å²) >= 11 is 0. The van der Waals surface area contributed by atoms with Gasteiger partial charge >= 0.3 is 6.36 Å². The van der Waals surface area contributed by atoms with Gasteiger partial charge in [0.05, 0.1) is 6.10 Å². The molecule has 0 aliphatic carbocycles. The average Bonchev–Trinajstić information content (AvgIpc) is 2.45. The van der Waals surface area contributed by atoms with Gasteiger partial charge in [0.25, 0.3) is 0 Å². The highest BCUT2D eigenvalue weighted by atomic mass is 19.4. The molecule has 0 amide bonds. The van der Waals surface area contributed by atoms with E-state index in [1.165, 1.54) is 18.6 Å². The van der Waals surface area contributed by atoms with Gasteiger partial charge in [-0.15, -0.1) is 13.2 Å². The normalized spacial score (nSPS) is 21.0. The Balaban J connectivity index is 1.83. The Morgan fingerprint density at radius 1 is 1.29 bits per heavy atom. The number of ether oxygens (including phenoxy) is 2. The van der Waals surface area contributed by atoms with Crippen molar-refractivity contribution in [2.24, 2.45) is 0 Å². The average molecular weight is 303 g/mol. The van der Waals surface area contributed by atoms with Crippen LogP contribution in [0.3, 0.4) is 0 Å². The lowest BCUT2D eigenvalue weighted by Crippen LogP contribution is -2.33. The molecule has 0 bridgehead atoms. The molecule has 1 aliphatic rings.